The van der Waals surface area contributed by atoms with Crippen LogP contribution in [-0.2, 0) is 4.79 Å². The molecule has 2 aliphatic rings. The maximum absolute atomic E-state index is 14.9. The monoisotopic (exact) mass is 461 g/mol. The lowest BCUT2D eigenvalue weighted by Gasteiger charge is -2.45. The first-order valence-corrected chi connectivity index (χ1v) is 9.68. The Kier molecular flexibility index (Phi) is 4.91. The van der Waals surface area contributed by atoms with E-state index in [1.165, 1.54) is 11.1 Å². The van der Waals surface area contributed by atoms with E-state index in [1.807, 2.05) is 0 Å². The Bertz CT molecular complexity index is 1170. The molecule has 166 valence electrons. The Hall–Kier alpha value is -2.82. The van der Waals surface area contributed by atoms with Crippen molar-refractivity contribution in [3.63, 3.8) is 0 Å². The molecule has 0 atom stereocenters. The highest BCUT2D eigenvalue weighted by Crippen LogP contribution is 2.43. The Morgan fingerprint density at radius 2 is 1.87 bits per heavy atom. The van der Waals surface area contributed by atoms with Gasteiger partial charge in [-0.25, -0.2) is 9.18 Å². The van der Waals surface area contributed by atoms with Crippen molar-refractivity contribution in [2.45, 2.75) is 31.1 Å². The third kappa shape index (κ3) is 3.50. The molecule has 7 nitrogen and oxygen atoms in total. The van der Waals surface area contributed by atoms with Gasteiger partial charge in [0.2, 0.25) is 5.43 Å². The van der Waals surface area contributed by atoms with Crippen LogP contribution in [0.5, 0.6) is 0 Å². The number of aromatic nitrogens is 1. The van der Waals surface area contributed by atoms with Crippen LogP contribution in [0.25, 0.3) is 10.9 Å². The van der Waals surface area contributed by atoms with Crippen LogP contribution < -0.4 is 10.3 Å². The largest absolute Gasteiger partial charge is 0.477 e. The Balaban J connectivity index is 1.74. The van der Waals surface area contributed by atoms with E-state index in [-0.39, 0.29) is 40.7 Å². The number of aromatic carboxylic acids is 1. The number of carboxylic acids is 1. The highest BCUT2D eigenvalue weighted by molar-refractivity contribution is 6.38. The van der Waals surface area contributed by atoms with E-state index in [0.29, 0.717) is 4.90 Å². The van der Waals surface area contributed by atoms with E-state index in [1.54, 1.807) is 4.57 Å². The maximum atomic E-state index is 14.9. The Morgan fingerprint density at radius 1 is 1.26 bits per heavy atom. The summed E-state index contributed by atoms with van der Waals surface area (Å²) in [4.78, 5) is 37.3. The van der Waals surface area contributed by atoms with Gasteiger partial charge in [0.15, 0.2) is 0 Å². The molecule has 1 aromatic heterocycles. The molecule has 0 spiro atoms. The van der Waals surface area contributed by atoms with Crippen molar-refractivity contribution in [1.82, 2.24) is 9.47 Å². The molecule has 0 radical (unpaired) electrons. The second-order valence-electron chi connectivity index (χ2n) is 7.71. The second kappa shape index (κ2) is 7.11. The smallest absolute Gasteiger partial charge is 0.471 e. The predicted octanol–water partition coefficient (Wildman–Crippen LogP) is 3.04. The third-order valence-corrected chi connectivity index (χ3v) is 6.00. The zero-order chi connectivity index (χ0) is 22.8. The van der Waals surface area contributed by atoms with Crippen LogP contribution in [0, 0.1) is 5.82 Å². The first kappa shape index (κ1) is 21.4. The molecule has 1 N–H and O–H groups in total. The molecule has 1 amide bonds. The summed E-state index contributed by atoms with van der Waals surface area (Å²) in [6, 6.07) is 0.0271. The first-order valence-electron chi connectivity index (χ1n) is 9.30. The normalized spacial score (nSPS) is 17.0. The molecular formula is C19H16ClF4N3O4. The summed E-state index contributed by atoms with van der Waals surface area (Å²) in [6.07, 6.45) is -2.36. The summed E-state index contributed by atoms with van der Waals surface area (Å²) >= 11 is 6.45. The number of amides is 1. The Morgan fingerprint density at radius 3 is 2.39 bits per heavy atom. The van der Waals surface area contributed by atoms with Crippen LogP contribution in [-0.4, -0.2) is 58.8 Å². The highest BCUT2D eigenvalue weighted by Gasteiger charge is 2.46. The number of hydrogen-bond donors (Lipinski definition) is 1. The van der Waals surface area contributed by atoms with E-state index in [4.69, 9.17) is 11.6 Å². The minimum atomic E-state index is -5.01. The van der Waals surface area contributed by atoms with Gasteiger partial charge in [-0.15, -0.1) is 0 Å². The van der Waals surface area contributed by atoms with Gasteiger partial charge in [-0.1, -0.05) is 11.6 Å². The van der Waals surface area contributed by atoms with E-state index in [0.717, 1.165) is 26.0 Å². The number of benzene rings is 1. The minimum Gasteiger partial charge on any atom is -0.477 e. The van der Waals surface area contributed by atoms with Gasteiger partial charge < -0.3 is 19.5 Å². The molecular weight excluding hydrogens is 446 g/mol. The van der Waals surface area contributed by atoms with Crippen molar-refractivity contribution in [1.29, 1.82) is 0 Å². The average molecular weight is 462 g/mol. The number of rotatable bonds is 4. The molecule has 1 saturated heterocycles. The number of nitrogens with zero attached hydrogens (tertiary/aromatic N) is 3. The summed E-state index contributed by atoms with van der Waals surface area (Å²) in [5.41, 5.74) is -1.29. The highest BCUT2D eigenvalue weighted by atomic mass is 35.5. The van der Waals surface area contributed by atoms with Gasteiger partial charge >= 0.3 is 18.1 Å². The van der Waals surface area contributed by atoms with Crippen LogP contribution >= 0.6 is 11.6 Å². The number of carbonyl (C=O) groups excluding carboxylic acids is 1. The van der Waals surface area contributed by atoms with Crippen LogP contribution in [0.15, 0.2) is 17.1 Å². The van der Waals surface area contributed by atoms with Gasteiger partial charge in [-0.2, -0.15) is 13.2 Å². The van der Waals surface area contributed by atoms with Gasteiger partial charge in [0, 0.05) is 32.4 Å². The van der Waals surface area contributed by atoms with E-state index in [9.17, 15) is 37.1 Å². The predicted molar refractivity (Wildman–Crippen MR) is 103 cm³/mol. The third-order valence-electron chi connectivity index (χ3n) is 5.64. The number of carboxylic acid groups (broad SMARTS) is 1. The Labute approximate surface area is 177 Å². The summed E-state index contributed by atoms with van der Waals surface area (Å²) in [5.74, 6) is -4.33. The van der Waals surface area contributed by atoms with Crippen molar-refractivity contribution in [2.24, 2.45) is 0 Å². The topological polar surface area (TPSA) is 82.8 Å². The SMILES string of the molecule is CN(C(=O)C(F)(F)F)C1CN(c2c(F)cc3c(=O)c(C(=O)O)cn(C4CC4)c3c2Cl)C1. The lowest BCUT2D eigenvalue weighted by atomic mass is 10.0. The van der Waals surface area contributed by atoms with E-state index >= 15 is 0 Å². The molecule has 4 rings (SSSR count). The molecule has 0 unspecified atom stereocenters. The van der Waals surface area contributed by atoms with E-state index in [2.05, 4.69) is 0 Å². The first-order chi connectivity index (χ1) is 14.4. The fourth-order valence-electron chi connectivity index (χ4n) is 3.76. The second-order valence-corrected chi connectivity index (χ2v) is 8.08. The lowest BCUT2D eigenvalue weighted by Crippen LogP contribution is -2.61. The fraction of sp³-hybridized carbons (Fsp3) is 0.421. The standard InChI is InChI=1S/C19H16ClF4N3O4/c1-25(18(31)19(22,23)24)9-5-26(6-9)15-12(21)4-10-14(13(15)20)27(8-2-3-8)7-11(16(10)28)17(29)30/h4,7-9H,2-3,5-6H2,1H3,(H,29,30). The fourth-order valence-corrected chi connectivity index (χ4v) is 4.17. The van der Waals surface area contributed by atoms with E-state index < -0.39 is 40.9 Å². The maximum Gasteiger partial charge on any atom is 0.471 e. The quantitative estimate of drug-likeness (QED) is 0.708. The van der Waals surface area contributed by atoms with Crippen LogP contribution in [0.3, 0.4) is 0 Å². The molecule has 2 heterocycles. The number of carbonyl (C=O) groups is 2. The lowest BCUT2D eigenvalue weighted by molar-refractivity contribution is -0.186. The molecule has 12 heteroatoms. The number of anilines is 1. The van der Waals surface area contributed by atoms with Gasteiger partial charge in [0.25, 0.3) is 0 Å². The van der Waals surface area contributed by atoms with Crippen molar-refractivity contribution in [2.75, 3.05) is 25.0 Å². The molecule has 1 aromatic carbocycles. The van der Waals surface area contributed by atoms with Crippen molar-refractivity contribution in [3.05, 3.63) is 38.9 Å². The number of halogens is 5. The van der Waals surface area contributed by atoms with Crippen molar-refractivity contribution < 1.29 is 32.3 Å². The molecule has 1 aliphatic carbocycles. The van der Waals surface area contributed by atoms with Gasteiger partial charge in [0.05, 0.1) is 27.7 Å². The zero-order valence-electron chi connectivity index (χ0n) is 16.0. The molecule has 1 saturated carbocycles. The number of alkyl halides is 3. The average Bonchev–Trinajstić information content (AvgIpc) is 3.47. The molecule has 2 aromatic rings. The number of likely N-dealkylation sites (N-methyl/N-ethyl adjacent to an activating group) is 1. The van der Waals surface area contributed by atoms with Crippen molar-refractivity contribution in [3.8, 4) is 0 Å². The van der Waals surface area contributed by atoms with Gasteiger partial charge in [-0.05, 0) is 18.9 Å². The zero-order valence-corrected chi connectivity index (χ0v) is 16.8. The summed E-state index contributed by atoms with van der Waals surface area (Å²) < 4.78 is 54.4. The van der Waals surface area contributed by atoms with Crippen molar-refractivity contribution >= 4 is 40.1 Å². The molecule has 31 heavy (non-hydrogen) atoms. The summed E-state index contributed by atoms with van der Waals surface area (Å²) in [5, 5.41) is 9.00. The summed E-state index contributed by atoms with van der Waals surface area (Å²) in [6.45, 7) is -0.164. The molecule has 2 fully saturated rings. The summed E-state index contributed by atoms with van der Waals surface area (Å²) in [7, 11) is 1.02. The van der Waals surface area contributed by atoms with Gasteiger partial charge in [-0.3, -0.25) is 9.59 Å². The molecule has 0 bridgehead atoms. The minimum absolute atomic E-state index is 0.0820. The van der Waals surface area contributed by atoms with Crippen LogP contribution in [0.4, 0.5) is 23.2 Å². The van der Waals surface area contributed by atoms with Crippen LogP contribution in [0.1, 0.15) is 29.2 Å². The van der Waals surface area contributed by atoms with Crippen LogP contribution in [0.2, 0.25) is 5.02 Å². The molecule has 1 aliphatic heterocycles. The number of hydrogen-bond acceptors (Lipinski definition) is 4. The van der Waals surface area contributed by atoms with Gasteiger partial charge in [0.1, 0.15) is 11.4 Å². The number of pyridine rings is 1. The number of fused-ring (bicyclic) bond motifs is 1.